The van der Waals surface area contributed by atoms with Crippen LogP contribution in [-0.4, -0.2) is 59.5 Å². The molecule has 1 N–H and O–H groups in total. The Hall–Kier alpha value is -3.87. The van der Waals surface area contributed by atoms with Crippen LogP contribution in [0.3, 0.4) is 0 Å². The molecule has 1 aliphatic heterocycles. The Morgan fingerprint density at radius 3 is 1.88 bits per heavy atom. The van der Waals surface area contributed by atoms with Gasteiger partial charge < -0.3 is 14.5 Å². The van der Waals surface area contributed by atoms with Gasteiger partial charge in [-0.15, -0.1) is 0 Å². The molecule has 3 amide bonds. The van der Waals surface area contributed by atoms with Crippen LogP contribution in [0.25, 0.3) is 10.8 Å². The van der Waals surface area contributed by atoms with E-state index in [2.05, 4.69) is 5.32 Å². The summed E-state index contributed by atoms with van der Waals surface area (Å²) in [5.74, 6) is -0.227. The summed E-state index contributed by atoms with van der Waals surface area (Å²) < 4.78 is 5.40. The van der Waals surface area contributed by atoms with E-state index in [1.807, 2.05) is 42.5 Å². The van der Waals surface area contributed by atoms with E-state index in [1.165, 1.54) is 0 Å². The number of nitrogens with one attached hydrogen (secondary N) is 1. The van der Waals surface area contributed by atoms with E-state index in [9.17, 15) is 14.4 Å². The minimum Gasteiger partial charge on any atom is -0.444 e. The molecule has 0 unspecified atom stereocenters. The summed E-state index contributed by atoms with van der Waals surface area (Å²) in [5, 5.41) is 4.56. The van der Waals surface area contributed by atoms with Crippen molar-refractivity contribution in [3.63, 3.8) is 0 Å². The van der Waals surface area contributed by atoms with E-state index in [0.29, 0.717) is 43.0 Å². The molecule has 34 heavy (non-hydrogen) atoms. The van der Waals surface area contributed by atoms with Crippen LogP contribution in [-0.2, 0) is 4.74 Å². The molecule has 1 saturated heterocycles. The number of fused-ring (bicyclic) bond motifs is 1. The van der Waals surface area contributed by atoms with Gasteiger partial charge in [-0.2, -0.15) is 0 Å². The number of carbonyl (C=O) groups is 3. The zero-order valence-corrected chi connectivity index (χ0v) is 19.7. The van der Waals surface area contributed by atoms with Crippen LogP contribution in [0.2, 0.25) is 0 Å². The highest BCUT2D eigenvalue weighted by Crippen LogP contribution is 2.27. The molecule has 176 valence electrons. The van der Waals surface area contributed by atoms with Crippen molar-refractivity contribution in [2.75, 3.05) is 31.5 Å². The lowest BCUT2D eigenvalue weighted by atomic mass is 10.0. The van der Waals surface area contributed by atoms with Crippen molar-refractivity contribution in [1.82, 2.24) is 9.80 Å². The molecule has 0 aromatic heterocycles. The van der Waals surface area contributed by atoms with Gasteiger partial charge in [-0.25, -0.2) is 4.79 Å². The number of hydrogen-bond acceptors (Lipinski definition) is 4. The number of amides is 3. The van der Waals surface area contributed by atoms with E-state index in [4.69, 9.17) is 4.74 Å². The number of hydrogen-bond donors (Lipinski definition) is 1. The summed E-state index contributed by atoms with van der Waals surface area (Å²) in [6.07, 6.45) is -0.616. The summed E-state index contributed by atoms with van der Waals surface area (Å²) in [7, 11) is 0. The van der Waals surface area contributed by atoms with Crippen LogP contribution < -0.4 is 5.32 Å². The first-order chi connectivity index (χ1) is 16.2. The number of carbonyl (C=O) groups excluding carboxylic acids is 3. The lowest BCUT2D eigenvalue weighted by Crippen LogP contribution is -2.50. The van der Waals surface area contributed by atoms with Crippen molar-refractivity contribution in [1.29, 1.82) is 0 Å². The molecule has 0 saturated carbocycles. The van der Waals surface area contributed by atoms with Crippen LogP contribution in [0.5, 0.6) is 0 Å². The fraction of sp³-hybridized carbons (Fsp3) is 0.296. The zero-order chi connectivity index (χ0) is 24.3. The predicted octanol–water partition coefficient (Wildman–Crippen LogP) is 4.79. The molecule has 0 aliphatic carbocycles. The second kappa shape index (κ2) is 9.55. The van der Waals surface area contributed by atoms with Gasteiger partial charge in [0.2, 0.25) is 0 Å². The summed E-state index contributed by atoms with van der Waals surface area (Å²) in [5.41, 5.74) is 0.779. The maximum atomic E-state index is 13.5. The average molecular weight is 460 g/mol. The highest BCUT2D eigenvalue weighted by atomic mass is 16.6. The van der Waals surface area contributed by atoms with Gasteiger partial charge in [-0.1, -0.05) is 42.5 Å². The molecule has 3 aromatic carbocycles. The second-order valence-corrected chi connectivity index (χ2v) is 9.32. The van der Waals surface area contributed by atoms with Gasteiger partial charge in [0.15, 0.2) is 0 Å². The molecule has 0 bridgehead atoms. The Morgan fingerprint density at radius 1 is 0.765 bits per heavy atom. The molecule has 3 aromatic rings. The molecule has 1 aliphatic rings. The Morgan fingerprint density at radius 2 is 1.29 bits per heavy atom. The molecule has 7 heteroatoms. The molecule has 0 atom stereocenters. The quantitative estimate of drug-likeness (QED) is 0.611. The first kappa shape index (κ1) is 23.3. The SMILES string of the molecule is CC(C)(C)OC(=O)Nc1cc2ccccc2cc1C(=O)N1CCN(C(=O)c2ccccc2)CC1. The molecule has 7 nitrogen and oxygen atoms in total. The van der Waals surface area contributed by atoms with Gasteiger partial charge in [0.25, 0.3) is 11.8 Å². The van der Waals surface area contributed by atoms with Crippen molar-refractivity contribution in [3.05, 3.63) is 77.9 Å². The number of benzene rings is 3. The van der Waals surface area contributed by atoms with Crippen molar-refractivity contribution < 1.29 is 19.1 Å². The number of rotatable bonds is 3. The minimum atomic E-state index is -0.660. The number of piperazine rings is 1. The fourth-order valence-corrected chi connectivity index (χ4v) is 3.98. The molecule has 1 fully saturated rings. The molecular formula is C27H29N3O4. The summed E-state index contributed by atoms with van der Waals surface area (Å²) >= 11 is 0. The second-order valence-electron chi connectivity index (χ2n) is 9.32. The number of ether oxygens (including phenoxy) is 1. The average Bonchev–Trinajstić information content (AvgIpc) is 2.82. The van der Waals surface area contributed by atoms with Crippen LogP contribution in [0.15, 0.2) is 66.7 Å². The first-order valence-electron chi connectivity index (χ1n) is 11.4. The van der Waals surface area contributed by atoms with Gasteiger partial charge in [-0.3, -0.25) is 14.9 Å². The molecular weight excluding hydrogens is 430 g/mol. The first-order valence-corrected chi connectivity index (χ1v) is 11.4. The topological polar surface area (TPSA) is 79.0 Å². The van der Waals surface area contributed by atoms with E-state index < -0.39 is 11.7 Å². The van der Waals surface area contributed by atoms with Gasteiger partial charge >= 0.3 is 6.09 Å². The van der Waals surface area contributed by atoms with Gasteiger partial charge in [0.05, 0.1) is 11.3 Å². The molecule has 0 radical (unpaired) electrons. The van der Waals surface area contributed by atoms with E-state index >= 15 is 0 Å². The van der Waals surface area contributed by atoms with Crippen molar-refractivity contribution in [2.24, 2.45) is 0 Å². The number of anilines is 1. The lowest BCUT2D eigenvalue weighted by Gasteiger charge is -2.35. The van der Waals surface area contributed by atoms with Crippen molar-refractivity contribution in [3.8, 4) is 0 Å². The number of nitrogens with zero attached hydrogens (tertiary/aromatic N) is 2. The van der Waals surface area contributed by atoms with Crippen molar-refractivity contribution in [2.45, 2.75) is 26.4 Å². The maximum absolute atomic E-state index is 13.5. The third-order valence-corrected chi connectivity index (χ3v) is 5.63. The highest BCUT2D eigenvalue weighted by Gasteiger charge is 2.28. The standard InChI is InChI=1S/C27H29N3O4/c1-27(2,3)34-26(33)28-23-18-21-12-8-7-11-20(21)17-22(23)25(32)30-15-13-29(14-16-30)24(31)19-9-5-4-6-10-19/h4-12,17-18H,13-16H2,1-3H3,(H,28,33). The smallest absolute Gasteiger partial charge is 0.412 e. The lowest BCUT2D eigenvalue weighted by molar-refractivity contribution is 0.0535. The molecule has 0 spiro atoms. The van der Waals surface area contributed by atoms with Crippen molar-refractivity contribution >= 4 is 34.4 Å². The normalized spacial score (nSPS) is 14.1. The Bertz CT molecular complexity index is 1210. The van der Waals surface area contributed by atoms with E-state index in [0.717, 1.165) is 10.8 Å². The Balaban J connectivity index is 1.53. The van der Waals surface area contributed by atoms with Gasteiger partial charge in [0, 0.05) is 31.7 Å². The zero-order valence-electron chi connectivity index (χ0n) is 19.7. The summed E-state index contributed by atoms with van der Waals surface area (Å²) in [6, 6.07) is 20.4. The third kappa shape index (κ3) is 5.36. The largest absolute Gasteiger partial charge is 0.444 e. The van der Waals surface area contributed by atoms with Gasteiger partial charge in [0.1, 0.15) is 5.60 Å². The Kier molecular flexibility index (Phi) is 6.54. The fourth-order valence-electron chi connectivity index (χ4n) is 3.98. The third-order valence-electron chi connectivity index (χ3n) is 5.63. The van der Waals surface area contributed by atoms with Crippen LogP contribution in [0.1, 0.15) is 41.5 Å². The van der Waals surface area contributed by atoms with Crippen LogP contribution >= 0.6 is 0 Å². The highest BCUT2D eigenvalue weighted by molar-refractivity contribution is 6.07. The monoisotopic (exact) mass is 459 g/mol. The van der Waals surface area contributed by atoms with E-state index in [-0.39, 0.29) is 11.8 Å². The summed E-state index contributed by atoms with van der Waals surface area (Å²) in [6.45, 7) is 7.08. The van der Waals surface area contributed by atoms with Crippen LogP contribution in [0, 0.1) is 0 Å². The minimum absolute atomic E-state index is 0.0364. The Labute approximate surface area is 199 Å². The van der Waals surface area contributed by atoms with E-state index in [1.54, 1.807) is 54.8 Å². The van der Waals surface area contributed by atoms with Gasteiger partial charge in [-0.05, 0) is 55.8 Å². The summed E-state index contributed by atoms with van der Waals surface area (Å²) in [4.78, 5) is 42.2. The van der Waals surface area contributed by atoms with Crippen LogP contribution in [0.4, 0.5) is 10.5 Å². The maximum Gasteiger partial charge on any atom is 0.412 e. The molecule has 4 rings (SSSR count). The molecule has 1 heterocycles. The predicted molar refractivity (Wildman–Crippen MR) is 132 cm³/mol.